The Hall–Kier alpha value is -6.29. The van der Waals surface area contributed by atoms with Crippen LogP contribution >= 0.6 is 11.3 Å². The van der Waals surface area contributed by atoms with E-state index in [0.29, 0.717) is 0 Å². The van der Waals surface area contributed by atoms with Crippen molar-refractivity contribution < 1.29 is 119 Å². The number of ketones is 1. The first kappa shape index (κ1) is 56.6. The molecule has 0 spiro atoms. The number of alkyl halides is 24. The van der Waals surface area contributed by atoms with Crippen molar-refractivity contribution in [3.8, 4) is 0 Å². The van der Waals surface area contributed by atoms with Crippen molar-refractivity contribution >= 4 is 45.1 Å². The van der Waals surface area contributed by atoms with Crippen molar-refractivity contribution in [1.82, 2.24) is 0 Å². The summed E-state index contributed by atoms with van der Waals surface area (Å²) in [6.07, 6.45) is -53.0. The maximum atomic E-state index is 14.2. The minimum Gasteiger partial charge on any atom is -0.287 e. The minimum atomic E-state index is -6.13. The molecule has 0 saturated carbocycles. The SMILES string of the molecule is FC(F)(F)c1cc([B-](c2cc(C(F)(F)F)cc(C(F)(F)F)c2)(c2cc(C(F)(F)F)cc(C(F)(F)F)c2)c2cc(C(F)(F)F)cc(C(F)(F)F)c2)cc(C(F)(F)F)c1.O=C(C[n+]1ccsc1)c1ccccc1F. The zero-order chi connectivity index (χ0) is 54.6. The third kappa shape index (κ3) is 12.8. The van der Waals surface area contributed by atoms with Gasteiger partial charge in [-0.15, -0.1) is 0 Å². The standard InChI is InChI=1S/C32H12BF24.C11H9FNOS/c34-25(35,36)13-1-14(26(37,38)39)6-21(5-13)33(22-7-15(27(40,41)42)2-16(8-22)28(43,44)45,23-9-17(29(46,47)48)3-18(10-23)30(49,50)51)24-11-19(31(52,53)54)4-20(12-24)32(55,56)57;12-10-4-2-1-3-9(10)11(14)7-13-5-6-15-8-13/h1-12H;1-6,8H,7H2/q-1;+1. The van der Waals surface area contributed by atoms with Crippen LogP contribution in [0.3, 0.4) is 0 Å². The van der Waals surface area contributed by atoms with Gasteiger partial charge in [-0.1, -0.05) is 72.0 Å². The Morgan fingerprint density at radius 2 is 0.653 bits per heavy atom. The lowest BCUT2D eigenvalue weighted by Crippen LogP contribution is -2.75. The highest BCUT2D eigenvalue weighted by Crippen LogP contribution is 2.41. The maximum absolute atomic E-state index is 14.2. The Labute approximate surface area is 389 Å². The van der Waals surface area contributed by atoms with E-state index in [-0.39, 0.29) is 17.9 Å². The average Bonchev–Trinajstić information content (AvgIpc) is 3.74. The van der Waals surface area contributed by atoms with Crippen LogP contribution in [-0.4, -0.2) is 11.9 Å². The summed E-state index contributed by atoms with van der Waals surface area (Å²) in [6.45, 7) is 0.185. The third-order valence-electron chi connectivity index (χ3n) is 10.5. The van der Waals surface area contributed by atoms with Crippen molar-refractivity contribution in [3.63, 3.8) is 0 Å². The van der Waals surface area contributed by atoms with Gasteiger partial charge in [0.2, 0.25) is 17.8 Å². The predicted octanol–water partition coefficient (Wildman–Crippen LogP) is 13.3. The molecule has 1 aromatic heterocycles. The fraction of sp³-hybridized carbons (Fsp3) is 0.209. The van der Waals surface area contributed by atoms with Crippen molar-refractivity contribution in [2.24, 2.45) is 0 Å². The van der Waals surface area contributed by atoms with Gasteiger partial charge in [-0.2, -0.15) is 132 Å². The number of carbonyl (C=O) groups is 1. The summed E-state index contributed by atoms with van der Waals surface area (Å²) in [5.74, 6) is -0.671. The molecule has 0 saturated heterocycles. The number of nitrogens with zero attached hydrogens (tertiary/aromatic N) is 1. The van der Waals surface area contributed by atoms with Gasteiger partial charge < -0.3 is 0 Å². The van der Waals surface area contributed by atoms with E-state index in [1.165, 1.54) is 23.5 Å². The number of Topliss-reactive ketones (excluding diaryl/α,β-unsaturated/α-hetero) is 1. The maximum Gasteiger partial charge on any atom is 0.416 e. The molecule has 0 aliphatic carbocycles. The molecule has 1 heterocycles. The highest BCUT2D eigenvalue weighted by atomic mass is 32.1. The van der Waals surface area contributed by atoms with Gasteiger partial charge >= 0.3 is 49.4 Å². The number of rotatable bonds is 7. The summed E-state index contributed by atoms with van der Waals surface area (Å²) in [7, 11) is 0. The molecule has 0 aliphatic rings. The van der Waals surface area contributed by atoms with E-state index in [1.807, 2.05) is 10.9 Å². The van der Waals surface area contributed by atoms with Crippen LogP contribution in [0.25, 0.3) is 0 Å². The van der Waals surface area contributed by atoms with Gasteiger partial charge in [-0.3, -0.25) is 4.79 Å². The summed E-state index contributed by atoms with van der Waals surface area (Å²) in [5.41, 5.74) is -28.2. The van der Waals surface area contributed by atoms with E-state index in [4.69, 9.17) is 0 Å². The molecule has 0 N–H and O–H groups in total. The van der Waals surface area contributed by atoms with Gasteiger partial charge in [-0.25, -0.2) is 4.39 Å². The molecule has 0 radical (unpaired) electrons. The molecule has 72 heavy (non-hydrogen) atoms. The molecule has 5 aromatic carbocycles. The highest BCUT2D eigenvalue weighted by molar-refractivity contribution is 7.20. The van der Waals surface area contributed by atoms with Crippen LogP contribution < -0.4 is 26.4 Å². The lowest BCUT2D eigenvalue weighted by molar-refractivity contribution is -0.678. The Kier molecular flexibility index (Phi) is 15.2. The monoisotopic (exact) mass is 1090 g/mol. The number of benzene rings is 5. The van der Waals surface area contributed by atoms with Crippen LogP contribution in [0.4, 0.5) is 110 Å². The first-order valence-corrected chi connectivity index (χ1v) is 20.0. The fourth-order valence-corrected chi connectivity index (χ4v) is 7.96. The van der Waals surface area contributed by atoms with Crippen LogP contribution in [0.2, 0.25) is 0 Å². The summed E-state index contributed by atoms with van der Waals surface area (Å²) in [4.78, 5) is 11.7. The van der Waals surface area contributed by atoms with Gasteiger partial charge in [0.1, 0.15) is 12.0 Å². The quantitative estimate of drug-likeness (QED) is 0.0675. The second-order valence-corrected chi connectivity index (χ2v) is 16.1. The van der Waals surface area contributed by atoms with Gasteiger partial charge in [0.15, 0.2) is 6.20 Å². The third-order valence-corrected chi connectivity index (χ3v) is 11.1. The van der Waals surface area contributed by atoms with Crippen LogP contribution in [-0.2, 0) is 56.0 Å². The summed E-state index contributed by atoms with van der Waals surface area (Å²) >= 11 is 1.50. The molecule has 0 bridgehead atoms. The number of aromatic nitrogens is 1. The minimum absolute atomic E-state index is 0.149. The fourth-order valence-electron chi connectivity index (χ4n) is 7.36. The van der Waals surface area contributed by atoms with Crippen molar-refractivity contribution in [1.29, 1.82) is 0 Å². The Bertz CT molecular complexity index is 2480. The van der Waals surface area contributed by atoms with Crippen LogP contribution in [0, 0.1) is 5.82 Å². The summed E-state index contributed by atoms with van der Waals surface area (Å²) < 4.78 is 356. The highest BCUT2D eigenvalue weighted by Gasteiger charge is 2.47. The average molecular weight is 1090 g/mol. The molecule has 388 valence electrons. The van der Waals surface area contributed by atoms with Crippen LogP contribution in [0.1, 0.15) is 54.9 Å². The van der Waals surface area contributed by atoms with Gasteiger partial charge in [0, 0.05) is 0 Å². The smallest absolute Gasteiger partial charge is 0.287 e. The number of halogens is 25. The van der Waals surface area contributed by atoms with Crippen molar-refractivity contribution in [2.45, 2.75) is 56.0 Å². The molecule has 0 unspecified atom stereocenters. The lowest BCUT2D eigenvalue weighted by atomic mass is 9.12. The number of thiazole rings is 1. The van der Waals surface area contributed by atoms with Gasteiger partial charge in [0.05, 0.1) is 55.5 Å². The molecule has 2 nitrogen and oxygen atoms in total. The van der Waals surface area contributed by atoms with E-state index >= 15 is 0 Å². The predicted molar refractivity (Wildman–Crippen MR) is 205 cm³/mol. The largest absolute Gasteiger partial charge is 0.416 e. The first-order valence-electron chi connectivity index (χ1n) is 19.1. The first-order chi connectivity index (χ1) is 32.5. The molecule has 29 heteroatoms. The number of hydrogen-bond acceptors (Lipinski definition) is 2. The zero-order valence-corrected chi connectivity index (χ0v) is 35.3. The van der Waals surface area contributed by atoms with E-state index in [2.05, 4.69) is 0 Å². The number of hydrogen-bond donors (Lipinski definition) is 0. The number of carbonyl (C=O) groups excluding carboxylic acids is 1. The van der Waals surface area contributed by atoms with Crippen molar-refractivity contribution in [3.05, 3.63) is 170 Å². The second-order valence-electron chi connectivity index (χ2n) is 15.3. The van der Waals surface area contributed by atoms with E-state index in [1.54, 1.807) is 22.9 Å². The Morgan fingerprint density at radius 3 is 0.861 bits per heavy atom. The molecular formula is C43H21BF25NOS. The summed E-state index contributed by atoms with van der Waals surface area (Å²) in [5, 5.41) is 1.87. The zero-order valence-electron chi connectivity index (χ0n) is 34.5. The van der Waals surface area contributed by atoms with E-state index < -0.39 is 201 Å². The normalized spacial score (nSPS) is 13.5. The molecule has 6 aromatic rings. The molecule has 0 aliphatic heterocycles. The Morgan fingerprint density at radius 1 is 0.403 bits per heavy atom. The van der Waals surface area contributed by atoms with Crippen LogP contribution in [0.5, 0.6) is 0 Å². The molecule has 0 atom stereocenters. The topological polar surface area (TPSA) is 20.9 Å². The Balaban J connectivity index is 0.000000542. The van der Waals surface area contributed by atoms with Gasteiger partial charge in [-0.05, 0) is 36.4 Å². The molecule has 6 rings (SSSR count). The van der Waals surface area contributed by atoms with E-state index in [9.17, 15) is 115 Å². The van der Waals surface area contributed by atoms with Crippen molar-refractivity contribution in [2.75, 3.05) is 0 Å². The van der Waals surface area contributed by atoms with E-state index in [0.717, 1.165) is 0 Å². The second kappa shape index (κ2) is 19.3. The lowest BCUT2D eigenvalue weighted by Gasteiger charge is -2.46. The summed E-state index contributed by atoms with van der Waals surface area (Å²) in [6, 6.07) is -2.77. The van der Waals surface area contributed by atoms with Gasteiger partial charge in [0.25, 0.3) is 0 Å². The van der Waals surface area contributed by atoms with Crippen LogP contribution in [0.15, 0.2) is 114 Å². The molecule has 0 amide bonds. The molecule has 0 fully saturated rings. The molecular weight excluding hydrogens is 1060 g/mol.